The molecule has 7 heteroatoms. The molecule has 2 aromatic rings. The highest BCUT2D eigenvalue weighted by molar-refractivity contribution is 5.86. The Balaban J connectivity index is 2.02. The maximum atomic E-state index is 11.7. The Labute approximate surface area is 104 Å². The SMILES string of the molecule is CC(C)(C)NC(=O)CNc1ncnc2nc[nH]c12. The largest absolute Gasteiger partial charge is 0.359 e. The zero-order valence-electron chi connectivity index (χ0n) is 10.6. The first-order chi connectivity index (χ1) is 8.46. The predicted octanol–water partition coefficient (Wildman–Crippen LogP) is 0.679. The Morgan fingerprint density at radius 1 is 1.33 bits per heavy atom. The van der Waals surface area contributed by atoms with E-state index in [1.807, 2.05) is 20.8 Å². The lowest BCUT2D eigenvalue weighted by Gasteiger charge is -2.20. The Hall–Kier alpha value is -2.18. The maximum Gasteiger partial charge on any atom is 0.239 e. The fourth-order valence-electron chi connectivity index (χ4n) is 1.53. The average Bonchev–Trinajstić information content (AvgIpc) is 2.72. The smallest absolute Gasteiger partial charge is 0.239 e. The van der Waals surface area contributed by atoms with Gasteiger partial charge in [-0.05, 0) is 20.8 Å². The van der Waals surface area contributed by atoms with Crippen LogP contribution in [0.15, 0.2) is 12.7 Å². The number of amides is 1. The summed E-state index contributed by atoms with van der Waals surface area (Å²) in [5, 5.41) is 5.82. The third-order valence-electron chi connectivity index (χ3n) is 2.15. The monoisotopic (exact) mass is 248 g/mol. The van der Waals surface area contributed by atoms with Gasteiger partial charge in [0, 0.05) is 5.54 Å². The van der Waals surface area contributed by atoms with Crippen LogP contribution in [0.4, 0.5) is 5.82 Å². The fraction of sp³-hybridized carbons (Fsp3) is 0.455. The maximum absolute atomic E-state index is 11.7. The highest BCUT2D eigenvalue weighted by atomic mass is 16.2. The number of aromatic nitrogens is 4. The molecule has 0 aliphatic rings. The number of anilines is 1. The number of carbonyl (C=O) groups excluding carboxylic acids is 1. The predicted molar refractivity (Wildman–Crippen MR) is 68.1 cm³/mol. The van der Waals surface area contributed by atoms with E-state index in [4.69, 9.17) is 0 Å². The summed E-state index contributed by atoms with van der Waals surface area (Å²) in [4.78, 5) is 26.7. The summed E-state index contributed by atoms with van der Waals surface area (Å²) in [6.45, 7) is 5.95. The number of carbonyl (C=O) groups is 1. The van der Waals surface area contributed by atoms with Gasteiger partial charge in [-0.2, -0.15) is 0 Å². The van der Waals surface area contributed by atoms with E-state index in [2.05, 4.69) is 30.6 Å². The van der Waals surface area contributed by atoms with Crippen molar-refractivity contribution in [2.75, 3.05) is 11.9 Å². The molecule has 0 saturated carbocycles. The van der Waals surface area contributed by atoms with Crippen molar-refractivity contribution in [1.82, 2.24) is 25.3 Å². The molecule has 18 heavy (non-hydrogen) atoms. The molecule has 1 amide bonds. The van der Waals surface area contributed by atoms with Crippen LogP contribution in [-0.4, -0.2) is 37.9 Å². The normalized spacial score (nSPS) is 11.5. The summed E-state index contributed by atoms with van der Waals surface area (Å²) in [7, 11) is 0. The number of aromatic amines is 1. The van der Waals surface area contributed by atoms with Crippen molar-refractivity contribution in [3.8, 4) is 0 Å². The molecule has 0 unspecified atom stereocenters. The van der Waals surface area contributed by atoms with E-state index in [9.17, 15) is 4.79 Å². The minimum atomic E-state index is -0.242. The van der Waals surface area contributed by atoms with E-state index in [0.717, 1.165) is 0 Å². The lowest BCUT2D eigenvalue weighted by Crippen LogP contribution is -2.43. The Kier molecular flexibility index (Phi) is 3.14. The lowest BCUT2D eigenvalue weighted by atomic mass is 10.1. The average molecular weight is 248 g/mol. The van der Waals surface area contributed by atoms with Crippen molar-refractivity contribution in [2.24, 2.45) is 0 Å². The minimum absolute atomic E-state index is 0.0891. The van der Waals surface area contributed by atoms with Crippen LogP contribution in [0.3, 0.4) is 0 Å². The number of H-pyrrole nitrogens is 1. The molecule has 0 fully saturated rings. The van der Waals surface area contributed by atoms with Gasteiger partial charge in [-0.25, -0.2) is 15.0 Å². The first-order valence-electron chi connectivity index (χ1n) is 5.65. The molecule has 7 nitrogen and oxygen atoms in total. The first kappa shape index (κ1) is 12.3. The van der Waals surface area contributed by atoms with E-state index < -0.39 is 0 Å². The van der Waals surface area contributed by atoms with Crippen LogP contribution in [0.25, 0.3) is 11.2 Å². The zero-order valence-corrected chi connectivity index (χ0v) is 10.6. The second kappa shape index (κ2) is 4.59. The van der Waals surface area contributed by atoms with Gasteiger partial charge in [-0.15, -0.1) is 0 Å². The van der Waals surface area contributed by atoms with Gasteiger partial charge < -0.3 is 15.6 Å². The van der Waals surface area contributed by atoms with Crippen molar-refractivity contribution in [2.45, 2.75) is 26.3 Å². The van der Waals surface area contributed by atoms with E-state index in [1.54, 1.807) is 6.33 Å². The number of fused-ring (bicyclic) bond motifs is 1. The molecule has 0 bridgehead atoms. The molecule has 0 saturated heterocycles. The molecular formula is C11H16N6O. The third-order valence-corrected chi connectivity index (χ3v) is 2.15. The lowest BCUT2D eigenvalue weighted by molar-refractivity contribution is -0.120. The fourth-order valence-corrected chi connectivity index (χ4v) is 1.53. The van der Waals surface area contributed by atoms with Crippen molar-refractivity contribution in [3.63, 3.8) is 0 Å². The molecule has 0 aromatic carbocycles. The van der Waals surface area contributed by atoms with Crippen LogP contribution < -0.4 is 10.6 Å². The quantitative estimate of drug-likeness (QED) is 0.742. The van der Waals surface area contributed by atoms with E-state index in [-0.39, 0.29) is 18.0 Å². The second-order valence-electron chi connectivity index (χ2n) is 4.98. The minimum Gasteiger partial charge on any atom is -0.359 e. The first-order valence-corrected chi connectivity index (χ1v) is 5.65. The van der Waals surface area contributed by atoms with E-state index in [0.29, 0.717) is 17.0 Å². The van der Waals surface area contributed by atoms with Crippen molar-refractivity contribution in [1.29, 1.82) is 0 Å². The standard InChI is InChI=1S/C11H16N6O/c1-11(2,3)17-7(18)4-12-9-8-10(14-5-13-8)16-6-15-9/h5-6H,4H2,1-3H3,(H,17,18)(H2,12,13,14,15,16). The number of hydrogen-bond acceptors (Lipinski definition) is 5. The number of hydrogen-bond donors (Lipinski definition) is 3. The molecule has 0 aliphatic carbocycles. The van der Waals surface area contributed by atoms with Crippen LogP contribution in [-0.2, 0) is 4.79 Å². The van der Waals surface area contributed by atoms with Gasteiger partial charge in [0.25, 0.3) is 0 Å². The molecule has 0 aliphatic heterocycles. The molecule has 0 radical (unpaired) electrons. The van der Waals surface area contributed by atoms with Crippen molar-refractivity contribution < 1.29 is 4.79 Å². The molecule has 2 heterocycles. The zero-order chi connectivity index (χ0) is 13.2. The van der Waals surface area contributed by atoms with Gasteiger partial charge in [0.1, 0.15) is 11.8 Å². The van der Waals surface area contributed by atoms with E-state index in [1.165, 1.54) is 6.33 Å². The summed E-state index contributed by atoms with van der Waals surface area (Å²) in [6, 6.07) is 0. The Morgan fingerprint density at radius 3 is 2.83 bits per heavy atom. The summed E-state index contributed by atoms with van der Waals surface area (Å²) >= 11 is 0. The van der Waals surface area contributed by atoms with Crippen LogP contribution in [0, 0.1) is 0 Å². The van der Waals surface area contributed by atoms with Crippen LogP contribution in [0.2, 0.25) is 0 Å². The van der Waals surface area contributed by atoms with Gasteiger partial charge in [0.15, 0.2) is 11.5 Å². The van der Waals surface area contributed by atoms with Crippen LogP contribution in [0.5, 0.6) is 0 Å². The Bertz CT molecular complexity index is 556. The van der Waals surface area contributed by atoms with Gasteiger partial charge in [-0.1, -0.05) is 0 Å². The van der Waals surface area contributed by atoms with Crippen molar-refractivity contribution in [3.05, 3.63) is 12.7 Å². The van der Waals surface area contributed by atoms with Crippen LogP contribution >= 0.6 is 0 Å². The molecule has 0 atom stereocenters. The summed E-state index contributed by atoms with van der Waals surface area (Å²) in [5.74, 6) is 0.482. The molecule has 96 valence electrons. The number of nitrogens with one attached hydrogen (secondary N) is 3. The summed E-state index contributed by atoms with van der Waals surface area (Å²) < 4.78 is 0. The summed E-state index contributed by atoms with van der Waals surface area (Å²) in [5.41, 5.74) is 1.03. The van der Waals surface area contributed by atoms with Gasteiger partial charge >= 0.3 is 0 Å². The molecule has 2 aromatic heterocycles. The number of imidazole rings is 1. The van der Waals surface area contributed by atoms with Crippen molar-refractivity contribution >= 4 is 22.9 Å². The topological polar surface area (TPSA) is 95.6 Å². The highest BCUT2D eigenvalue weighted by Crippen LogP contribution is 2.13. The Morgan fingerprint density at radius 2 is 2.11 bits per heavy atom. The van der Waals surface area contributed by atoms with E-state index >= 15 is 0 Å². The number of nitrogens with zero attached hydrogens (tertiary/aromatic N) is 3. The molecule has 2 rings (SSSR count). The highest BCUT2D eigenvalue weighted by Gasteiger charge is 2.14. The van der Waals surface area contributed by atoms with Gasteiger partial charge in [0.05, 0.1) is 12.9 Å². The molecular weight excluding hydrogens is 232 g/mol. The molecule has 3 N–H and O–H groups in total. The third kappa shape index (κ3) is 2.93. The summed E-state index contributed by atoms with van der Waals surface area (Å²) in [6.07, 6.45) is 2.95. The van der Waals surface area contributed by atoms with Gasteiger partial charge in [-0.3, -0.25) is 4.79 Å². The molecule has 0 spiro atoms. The second-order valence-corrected chi connectivity index (χ2v) is 4.98. The van der Waals surface area contributed by atoms with Crippen LogP contribution in [0.1, 0.15) is 20.8 Å². The number of rotatable bonds is 3. The van der Waals surface area contributed by atoms with Gasteiger partial charge in [0.2, 0.25) is 5.91 Å².